The van der Waals surface area contributed by atoms with Crippen LogP contribution in [0.2, 0.25) is 0 Å². The molecular formula is C14H25NO4. The summed E-state index contributed by atoms with van der Waals surface area (Å²) in [5.74, 6) is -0.650. The fraction of sp³-hybridized carbons (Fsp3) is 0.857. The van der Waals surface area contributed by atoms with Gasteiger partial charge < -0.3 is 14.7 Å². The molecule has 1 saturated carbocycles. The Morgan fingerprint density at radius 3 is 2.47 bits per heavy atom. The van der Waals surface area contributed by atoms with Gasteiger partial charge >= 0.3 is 5.97 Å². The first-order chi connectivity index (χ1) is 9.02. The molecule has 0 unspecified atom stereocenters. The molecule has 0 aromatic heterocycles. The number of ether oxygens (including phenoxy) is 1. The number of carbonyl (C=O) groups is 2. The Morgan fingerprint density at radius 1 is 1.32 bits per heavy atom. The zero-order valence-electron chi connectivity index (χ0n) is 12.0. The van der Waals surface area contributed by atoms with E-state index >= 15 is 0 Å². The fourth-order valence-electron chi connectivity index (χ4n) is 2.89. The van der Waals surface area contributed by atoms with Gasteiger partial charge in [0, 0.05) is 33.7 Å². The number of nitrogens with zero attached hydrogens (tertiary/aromatic N) is 1. The molecule has 0 aliphatic heterocycles. The number of hydrogen-bond donors (Lipinski definition) is 1. The molecule has 1 fully saturated rings. The van der Waals surface area contributed by atoms with Gasteiger partial charge in [-0.25, -0.2) is 0 Å². The summed E-state index contributed by atoms with van der Waals surface area (Å²) in [5, 5.41) is 8.62. The van der Waals surface area contributed by atoms with Crippen LogP contribution in [0.25, 0.3) is 0 Å². The van der Waals surface area contributed by atoms with Crippen LogP contribution >= 0.6 is 0 Å². The molecular weight excluding hydrogens is 246 g/mol. The Bertz CT molecular complexity index is 311. The molecule has 0 aromatic rings. The average molecular weight is 271 g/mol. The van der Waals surface area contributed by atoms with Crippen molar-refractivity contribution in [2.45, 2.75) is 44.9 Å². The maximum absolute atomic E-state index is 12.6. The molecule has 0 bridgehead atoms. The number of amides is 1. The Morgan fingerprint density at radius 2 is 1.95 bits per heavy atom. The Hall–Kier alpha value is -1.10. The van der Waals surface area contributed by atoms with Crippen LogP contribution in [0.15, 0.2) is 0 Å². The van der Waals surface area contributed by atoms with Crippen molar-refractivity contribution >= 4 is 11.9 Å². The van der Waals surface area contributed by atoms with Crippen molar-refractivity contribution in [3.05, 3.63) is 0 Å². The third-order valence-electron chi connectivity index (χ3n) is 4.03. The highest BCUT2D eigenvalue weighted by Gasteiger charge is 2.42. The van der Waals surface area contributed by atoms with Crippen LogP contribution in [0.1, 0.15) is 44.9 Å². The number of carbonyl (C=O) groups excluding carboxylic acids is 1. The normalized spacial score (nSPS) is 17.4. The lowest BCUT2D eigenvalue weighted by molar-refractivity contribution is -0.143. The Balaban J connectivity index is 2.53. The summed E-state index contributed by atoms with van der Waals surface area (Å²) >= 11 is 0. The van der Waals surface area contributed by atoms with Crippen molar-refractivity contribution in [1.82, 2.24) is 4.90 Å². The molecule has 0 aromatic carbocycles. The maximum Gasteiger partial charge on any atom is 0.303 e. The summed E-state index contributed by atoms with van der Waals surface area (Å²) in [7, 11) is 3.43. The molecule has 5 heteroatoms. The topological polar surface area (TPSA) is 66.8 Å². The molecule has 0 saturated heterocycles. The van der Waals surface area contributed by atoms with E-state index in [0.29, 0.717) is 19.6 Å². The van der Waals surface area contributed by atoms with Gasteiger partial charge in [0.15, 0.2) is 0 Å². The van der Waals surface area contributed by atoms with E-state index in [1.165, 1.54) is 0 Å². The maximum atomic E-state index is 12.6. The number of carboxylic acids is 1. The molecule has 1 aliphatic rings. The first-order valence-corrected chi connectivity index (χ1v) is 6.98. The number of rotatable bonds is 8. The van der Waals surface area contributed by atoms with Crippen molar-refractivity contribution in [3.8, 4) is 0 Å². The average Bonchev–Trinajstić information content (AvgIpc) is 2.84. The van der Waals surface area contributed by atoms with Crippen LogP contribution in [0.3, 0.4) is 0 Å². The van der Waals surface area contributed by atoms with Crippen molar-refractivity contribution in [2.75, 3.05) is 27.3 Å². The van der Waals surface area contributed by atoms with Gasteiger partial charge in [-0.05, 0) is 25.7 Å². The predicted octanol–water partition coefficient (Wildman–Crippen LogP) is 1.91. The standard InChI is InChI=1S/C14H25NO4/c1-15(10-5-6-12(16)17)13(18)14(9-11-19-2)7-3-4-8-14/h3-11H2,1-2H3,(H,16,17). The van der Waals surface area contributed by atoms with E-state index in [9.17, 15) is 9.59 Å². The number of hydrogen-bond acceptors (Lipinski definition) is 3. The number of carboxylic acid groups (broad SMARTS) is 1. The van der Waals surface area contributed by atoms with E-state index in [1.807, 2.05) is 0 Å². The molecule has 0 heterocycles. The quantitative estimate of drug-likeness (QED) is 0.732. The summed E-state index contributed by atoms with van der Waals surface area (Å²) in [4.78, 5) is 24.8. The lowest BCUT2D eigenvalue weighted by atomic mass is 9.81. The molecule has 0 radical (unpaired) electrons. The molecule has 1 N–H and O–H groups in total. The van der Waals surface area contributed by atoms with Crippen molar-refractivity contribution < 1.29 is 19.4 Å². The van der Waals surface area contributed by atoms with Gasteiger partial charge in [0.25, 0.3) is 0 Å². The van der Waals surface area contributed by atoms with Gasteiger partial charge in [0.1, 0.15) is 0 Å². The van der Waals surface area contributed by atoms with E-state index in [0.717, 1.165) is 32.1 Å². The van der Waals surface area contributed by atoms with Crippen molar-refractivity contribution in [1.29, 1.82) is 0 Å². The number of aliphatic carboxylic acids is 1. The first kappa shape index (κ1) is 16.0. The van der Waals surface area contributed by atoms with Crippen molar-refractivity contribution in [3.63, 3.8) is 0 Å². The third kappa shape index (κ3) is 4.49. The number of methoxy groups -OCH3 is 1. The van der Waals surface area contributed by atoms with Crippen LogP contribution in [0.5, 0.6) is 0 Å². The molecule has 110 valence electrons. The van der Waals surface area contributed by atoms with Gasteiger partial charge in [-0.15, -0.1) is 0 Å². The zero-order chi connectivity index (χ0) is 14.3. The van der Waals surface area contributed by atoms with E-state index in [-0.39, 0.29) is 17.7 Å². The molecule has 0 spiro atoms. The minimum Gasteiger partial charge on any atom is -0.481 e. The Kier molecular flexibility index (Phi) is 6.28. The van der Waals surface area contributed by atoms with E-state index in [2.05, 4.69) is 0 Å². The smallest absolute Gasteiger partial charge is 0.303 e. The van der Waals surface area contributed by atoms with Gasteiger partial charge in [-0.2, -0.15) is 0 Å². The summed E-state index contributed by atoms with van der Waals surface area (Å²) in [6, 6.07) is 0. The Labute approximate surface area is 114 Å². The second kappa shape index (κ2) is 7.48. The van der Waals surface area contributed by atoms with Crippen molar-refractivity contribution in [2.24, 2.45) is 5.41 Å². The van der Waals surface area contributed by atoms with Gasteiger partial charge in [-0.3, -0.25) is 9.59 Å². The lowest BCUT2D eigenvalue weighted by Gasteiger charge is -2.32. The molecule has 1 amide bonds. The summed E-state index contributed by atoms with van der Waals surface area (Å²) in [5.41, 5.74) is -0.270. The van der Waals surface area contributed by atoms with E-state index in [1.54, 1.807) is 19.1 Å². The molecule has 1 rings (SSSR count). The van der Waals surface area contributed by atoms with Crippen LogP contribution in [0.4, 0.5) is 0 Å². The van der Waals surface area contributed by atoms with E-state index < -0.39 is 5.97 Å². The minimum atomic E-state index is -0.809. The van der Waals surface area contributed by atoms with Crippen LogP contribution < -0.4 is 0 Å². The van der Waals surface area contributed by atoms with Crippen LogP contribution in [0, 0.1) is 5.41 Å². The monoisotopic (exact) mass is 271 g/mol. The molecule has 1 aliphatic carbocycles. The highest BCUT2D eigenvalue weighted by molar-refractivity contribution is 5.82. The van der Waals surface area contributed by atoms with Crippen LogP contribution in [-0.2, 0) is 14.3 Å². The third-order valence-corrected chi connectivity index (χ3v) is 4.03. The first-order valence-electron chi connectivity index (χ1n) is 6.98. The minimum absolute atomic E-state index is 0.114. The highest BCUT2D eigenvalue weighted by atomic mass is 16.5. The summed E-state index contributed by atoms with van der Waals surface area (Å²) in [6.45, 7) is 1.12. The van der Waals surface area contributed by atoms with Gasteiger partial charge in [0.2, 0.25) is 5.91 Å². The fourth-order valence-corrected chi connectivity index (χ4v) is 2.89. The molecule has 0 atom stereocenters. The van der Waals surface area contributed by atoms with E-state index in [4.69, 9.17) is 9.84 Å². The summed E-state index contributed by atoms with van der Waals surface area (Å²) < 4.78 is 5.12. The highest BCUT2D eigenvalue weighted by Crippen LogP contribution is 2.42. The second-order valence-electron chi connectivity index (χ2n) is 5.45. The predicted molar refractivity (Wildman–Crippen MR) is 71.9 cm³/mol. The largest absolute Gasteiger partial charge is 0.481 e. The van der Waals surface area contributed by atoms with Gasteiger partial charge in [-0.1, -0.05) is 12.8 Å². The molecule has 19 heavy (non-hydrogen) atoms. The lowest BCUT2D eigenvalue weighted by Crippen LogP contribution is -2.41. The zero-order valence-corrected chi connectivity index (χ0v) is 12.0. The van der Waals surface area contributed by atoms with Gasteiger partial charge in [0.05, 0.1) is 5.41 Å². The molecule has 5 nitrogen and oxygen atoms in total. The SMILES string of the molecule is COCCC1(C(=O)N(C)CCCC(=O)O)CCCC1. The summed E-state index contributed by atoms with van der Waals surface area (Å²) in [6.07, 6.45) is 5.44. The van der Waals surface area contributed by atoms with Crippen LogP contribution in [-0.4, -0.2) is 49.2 Å². The second-order valence-corrected chi connectivity index (χ2v) is 5.45.